The van der Waals surface area contributed by atoms with Gasteiger partial charge in [-0.15, -0.1) is 0 Å². The zero-order valence-electron chi connectivity index (χ0n) is 11.7. The van der Waals surface area contributed by atoms with E-state index in [1.807, 2.05) is 18.2 Å². The SMILES string of the molecule is C[n+]1ccccc1N1CCN(c2cccc(Cl)c2)CC1. The third-order valence-corrected chi connectivity index (χ3v) is 4.04. The fraction of sp³-hybridized carbons (Fsp3) is 0.312. The average Bonchev–Trinajstić information content (AvgIpc) is 2.48. The maximum absolute atomic E-state index is 6.07. The maximum Gasteiger partial charge on any atom is 0.276 e. The van der Waals surface area contributed by atoms with E-state index in [1.54, 1.807) is 0 Å². The molecule has 4 heteroatoms. The number of halogens is 1. The molecule has 0 amide bonds. The molecule has 0 bridgehead atoms. The second kappa shape index (κ2) is 5.71. The van der Waals surface area contributed by atoms with Gasteiger partial charge in [-0.3, -0.25) is 4.90 Å². The second-order valence-electron chi connectivity index (χ2n) is 5.12. The lowest BCUT2D eigenvalue weighted by atomic mass is 10.2. The monoisotopic (exact) mass is 288 g/mol. The Bertz CT molecular complexity index is 592. The van der Waals surface area contributed by atoms with Crippen molar-refractivity contribution < 1.29 is 4.57 Å². The first kappa shape index (κ1) is 13.3. The molecule has 20 heavy (non-hydrogen) atoms. The van der Waals surface area contributed by atoms with Crippen molar-refractivity contribution in [2.45, 2.75) is 0 Å². The van der Waals surface area contributed by atoms with Crippen LogP contribution in [-0.4, -0.2) is 26.2 Å². The van der Waals surface area contributed by atoms with Gasteiger partial charge in [0.15, 0.2) is 0 Å². The minimum absolute atomic E-state index is 0.805. The molecule has 0 spiro atoms. The Morgan fingerprint density at radius 1 is 0.950 bits per heavy atom. The van der Waals surface area contributed by atoms with Crippen LogP contribution < -0.4 is 14.4 Å². The number of hydrogen-bond acceptors (Lipinski definition) is 2. The number of rotatable bonds is 2. The first-order chi connectivity index (χ1) is 9.74. The molecule has 104 valence electrons. The van der Waals surface area contributed by atoms with Crippen molar-refractivity contribution in [2.24, 2.45) is 7.05 Å². The lowest BCUT2D eigenvalue weighted by Crippen LogP contribution is -2.50. The molecular weight excluding hydrogens is 270 g/mol. The molecule has 0 radical (unpaired) electrons. The van der Waals surface area contributed by atoms with E-state index in [-0.39, 0.29) is 0 Å². The highest BCUT2D eigenvalue weighted by Gasteiger charge is 2.24. The molecule has 3 nitrogen and oxygen atoms in total. The summed E-state index contributed by atoms with van der Waals surface area (Å²) < 4.78 is 2.18. The third-order valence-electron chi connectivity index (χ3n) is 3.80. The summed E-state index contributed by atoms with van der Waals surface area (Å²) in [6.45, 7) is 4.11. The van der Waals surface area contributed by atoms with Crippen LogP contribution in [0.25, 0.3) is 0 Å². The van der Waals surface area contributed by atoms with E-state index in [9.17, 15) is 0 Å². The maximum atomic E-state index is 6.07. The number of aromatic nitrogens is 1. The van der Waals surface area contributed by atoms with Gasteiger partial charge in [0.1, 0.15) is 13.1 Å². The highest BCUT2D eigenvalue weighted by molar-refractivity contribution is 6.30. The van der Waals surface area contributed by atoms with Crippen molar-refractivity contribution in [2.75, 3.05) is 36.0 Å². The van der Waals surface area contributed by atoms with Gasteiger partial charge in [0, 0.05) is 16.8 Å². The van der Waals surface area contributed by atoms with E-state index < -0.39 is 0 Å². The number of piperazine rings is 1. The molecule has 1 aliphatic rings. The van der Waals surface area contributed by atoms with Crippen molar-refractivity contribution in [1.82, 2.24) is 0 Å². The summed E-state index contributed by atoms with van der Waals surface area (Å²) in [6, 6.07) is 14.4. The van der Waals surface area contributed by atoms with E-state index in [2.05, 4.69) is 51.9 Å². The van der Waals surface area contributed by atoms with Crippen LogP contribution in [0.4, 0.5) is 11.5 Å². The predicted molar refractivity (Wildman–Crippen MR) is 83.5 cm³/mol. The highest BCUT2D eigenvalue weighted by atomic mass is 35.5. The Labute approximate surface area is 125 Å². The Kier molecular flexibility index (Phi) is 3.79. The van der Waals surface area contributed by atoms with Gasteiger partial charge in [-0.05, 0) is 24.3 Å². The van der Waals surface area contributed by atoms with Crippen molar-refractivity contribution in [3.8, 4) is 0 Å². The molecule has 3 rings (SSSR count). The standard InChI is InChI=1S/C16H19ClN3/c1-18-8-3-2-7-16(18)20-11-9-19(10-12-20)15-6-4-5-14(17)13-15/h2-8,13H,9-12H2,1H3/q+1. The van der Waals surface area contributed by atoms with Crippen LogP contribution in [-0.2, 0) is 7.05 Å². The predicted octanol–water partition coefficient (Wildman–Crippen LogP) is 2.49. The molecule has 2 aromatic rings. The lowest BCUT2D eigenvalue weighted by molar-refractivity contribution is -0.659. The van der Waals surface area contributed by atoms with Crippen LogP contribution in [0, 0.1) is 0 Å². The van der Waals surface area contributed by atoms with Gasteiger partial charge in [-0.2, -0.15) is 0 Å². The van der Waals surface area contributed by atoms with Crippen molar-refractivity contribution in [3.05, 3.63) is 53.7 Å². The molecule has 1 aromatic heterocycles. The van der Waals surface area contributed by atoms with E-state index in [1.165, 1.54) is 11.5 Å². The Morgan fingerprint density at radius 3 is 2.40 bits per heavy atom. The fourth-order valence-corrected chi connectivity index (χ4v) is 2.89. The van der Waals surface area contributed by atoms with Gasteiger partial charge in [0.2, 0.25) is 0 Å². The molecule has 0 unspecified atom stereocenters. The molecule has 1 fully saturated rings. The molecule has 1 aromatic carbocycles. The zero-order chi connectivity index (χ0) is 13.9. The number of nitrogens with zero attached hydrogens (tertiary/aromatic N) is 3. The van der Waals surface area contributed by atoms with Crippen LogP contribution in [0.5, 0.6) is 0 Å². The minimum Gasteiger partial charge on any atom is -0.364 e. The zero-order valence-corrected chi connectivity index (χ0v) is 12.4. The van der Waals surface area contributed by atoms with Gasteiger partial charge in [0.25, 0.3) is 5.82 Å². The van der Waals surface area contributed by atoms with Crippen molar-refractivity contribution in [3.63, 3.8) is 0 Å². The van der Waals surface area contributed by atoms with E-state index in [0.29, 0.717) is 0 Å². The molecule has 1 saturated heterocycles. The smallest absolute Gasteiger partial charge is 0.276 e. The molecule has 2 heterocycles. The van der Waals surface area contributed by atoms with Gasteiger partial charge >= 0.3 is 0 Å². The molecule has 0 N–H and O–H groups in total. The first-order valence-electron chi connectivity index (χ1n) is 6.94. The van der Waals surface area contributed by atoms with Crippen LogP contribution in [0.1, 0.15) is 0 Å². The Hall–Kier alpha value is -1.74. The van der Waals surface area contributed by atoms with Crippen molar-refractivity contribution >= 4 is 23.1 Å². The van der Waals surface area contributed by atoms with Gasteiger partial charge in [0.05, 0.1) is 26.3 Å². The third kappa shape index (κ3) is 2.73. The topological polar surface area (TPSA) is 10.4 Å². The number of aryl methyl sites for hydroxylation is 1. The largest absolute Gasteiger partial charge is 0.364 e. The van der Waals surface area contributed by atoms with Crippen LogP contribution in [0.3, 0.4) is 0 Å². The summed E-state index contributed by atoms with van der Waals surface area (Å²) in [5.74, 6) is 1.28. The minimum atomic E-state index is 0.805. The summed E-state index contributed by atoms with van der Waals surface area (Å²) in [7, 11) is 2.10. The molecule has 0 aliphatic carbocycles. The summed E-state index contributed by atoms with van der Waals surface area (Å²) in [5, 5.41) is 0.805. The molecule has 0 saturated carbocycles. The van der Waals surface area contributed by atoms with Crippen molar-refractivity contribution in [1.29, 1.82) is 0 Å². The second-order valence-corrected chi connectivity index (χ2v) is 5.56. The lowest BCUT2D eigenvalue weighted by Gasteiger charge is -2.33. The van der Waals surface area contributed by atoms with Crippen LogP contribution in [0.2, 0.25) is 5.02 Å². The molecule has 1 aliphatic heterocycles. The Balaban J connectivity index is 1.70. The van der Waals surface area contributed by atoms with Crippen LogP contribution in [0.15, 0.2) is 48.7 Å². The number of anilines is 2. The normalized spacial score (nSPS) is 15.5. The quantitative estimate of drug-likeness (QED) is 0.786. The molecular formula is C16H19ClN3+. The molecule has 0 atom stereocenters. The van der Waals surface area contributed by atoms with Gasteiger partial charge in [-0.25, -0.2) is 4.57 Å². The van der Waals surface area contributed by atoms with Gasteiger partial charge in [-0.1, -0.05) is 23.7 Å². The van der Waals surface area contributed by atoms with Crippen LogP contribution >= 0.6 is 11.6 Å². The highest BCUT2D eigenvalue weighted by Crippen LogP contribution is 2.21. The number of hydrogen-bond donors (Lipinski definition) is 0. The Morgan fingerprint density at radius 2 is 1.70 bits per heavy atom. The summed E-state index contributed by atoms with van der Waals surface area (Å²) in [6.07, 6.45) is 2.10. The number of benzene rings is 1. The summed E-state index contributed by atoms with van der Waals surface area (Å²) >= 11 is 6.07. The summed E-state index contributed by atoms with van der Waals surface area (Å²) in [4.78, 5) is 4.83. The van der Waals surface area contributed by atoms with Gasteiger partial charge < -0.3 is 4.90 Å². The first-order valence-corrected chi connectivity index (χ1v) is 7.32. The number of pyridine rings is 1. The van der Waals surface area contributed by atoms with E-state index >= 15 is 0 Å². The van der Waals surface area contributed by atoms with E-state index in [4.69, 9.17) is 11.6 Å². The fourth-order valence-electron chi connectivity index (χ4n) is 2.71. The summed E-state index contributed by atoms with van der Waals surface area (Å²) in [5.41, 5.74) is 1.22. The van der Waals surface area contributed by atoms with E-state index in [0.717, 1.165) is 31.2 Å². The average molecular weight is 289 g/mol.